The van der Waals surface area contributed by atoms with Crippen LogP contribution < -0.4 is 10.6 Å². The van der Waals surface area contributed by atoms with Gasteiger partial charge in [-0.3, -0.25) is 4.79 Å². The number of methoxy groups -OCH3 is 1. The van der Waals surface area contributed by atoms with E-state index in [-0.39, 0.29) is 18.2 Å². The second-order valence-corrected chi connectivity index (χ2v) is 4.54. The maximum absolute atomic E-state index is 12.7. The van der Waals surface area contributed by atoms with Gasteiger partial charge in [0.25, 0.3) is 5.91 Å². The zero-order chi connectivity index (χ0) is 16.0. The van der Waals surface area contributed by atoms with Gasteiger partial charge in [-0.2, -0.15) is 13.2 Å². The van der Waals surface area contributed by atoms with Gasteiger partial charge >= 0.3 is 6.18 Å². The van der Waals surface area contributed by atoms with Crippen molar-refractivity contribution >= 4 is 11.6 Å². The molecule has 2 N–H and O–H groups in total. The summed E-state index contributed by atoms with van der Waals surface area (Å²) in [6.45, 7) is 4.27. The number of carbonyl (C=O) groups excluding carboxylic acids is 1. The third kappa shape index (κ3) is 4.93. The van der Waals surface area contributed by atoms with Gasteiger partial charge in [-0.1, -0.05) is 0 Å². The zero-order valence-corrected chi connectivity index (χ0v) is 12.2. The molecular formula is C14H19F3N2O2. The fourth-order valence-corrected chi connectivity index (χ4v) is 1.67. The average molecular weight is 304 g/mol. The van der Waals surface area contributed by atoms with Crippen LogP contribution in [0.15, 0.2) is 18.2 Å². The number of amides is 1. The second kappa shape index (κ2) is 7.31. The van der Waals surface area contributed by atoms with Gasteiger partial charge < -0.3 is 15.4 Å². The molecule has 0 saturated carbocycles. The number of rotatable bonds is 6. The summed E-state index contributed by atoms with van der Waals surface area (Å²) in [4.78, 5) is 12.1. The topological polar surface area (TPSA) is 50.4 Å². The molecule has 1 unspecified atom stereocenters. The molecule has 1 atom stereocenters. The van der Waals surface area contributed by atoms with Crippen molar-refractivity contribution in [2.75, 3.05) is 25.5 Å². The maximum Gasteiger partial charge on any atom is 0.416 e. The lowest BCUT2D eigenvalue weighted by Gasteiger charge is -2.15. The molecule has 7 heteroatoms. The van der Waals surface area contributed by atoms with Gasteiger partial charge in [-0.05, 0) is 32.0 Å². The number of hydrogen-bond acceptors (Lipinski definition) is 3. The lowest BCUT2D eigenvalue weighted by molar-refractivity contribution is -0.137. The first-order valence-corrected chi connectivity index (χ1v) is 6.55. The molecule has 0 bridgehead atoms. The van der Waals surface area contributed by atoms with Crippen molar-refractivity contribution in [3.63, 3.8) is 0 Å². The van der Waals surface area contributed by atoms with Crippen LogP contribution in [-0.4, -0.2) is 32.2 Å². The monoisotopic (exact) mass is 304 g/mol. The highest BCUT2D eigenvalue weighted by atomic mass is 19.4. The van der Waals surface area contributed by atoms with Gasteiger partial charge in [0, 0.05) is 25.9 Å². The number of anilines is 1. The predicted molar refractivity (Wildman–Crippen MR) is 74.4 cm³/mol. The van der Waals surface area contributed by atoms with Crippen molar-refractivity contribution in [3.8, 4) is 0 Å². The molecule has 0 aliphatic carbocycles. The zero-order valence-electron chi connectivity index (χ0n) is 12.2. The molecule has 21 heavy (non-hydrogen) atoms. The minimum atomic E-state index is -4.49. The van der Waals surface area contributed by atoms with Crippen molar-refractivity contribution in [2.24, 2.45) is 0 Å². The van der Waals surface area contributed by atoms with E-state index in [2.05, 4.69) is 10.6 Å². The molecule has 1 aromatic carbocycles. The van der Waals surface area contributed by atoms with Crippen molar-refractivity contribution in [1.82, 2.24) is 5.32 Å². The largest absolute Gasteiger partial charge is 0.416 e. The molecule has 0 radical (unpaired) electrons. The van der Waals surface area contributed by atoms with Crippen LogP contribution in [0.5, 0.6) is 0 Å². The average Bonchev–Trinajstić information content (AvgIpc) is 2.43. The van der Waals surface area contributed by atoms with Crippen molar-refractivity contribution in [2.45, 2.75) is 26.1 Å². The molecule has 0 spiro atoms. The Bertz CT molecular complexity index is 490. The third-order valence-electron chi connectivity index (χ3n) is 2.91. The molecule has 1 aromatic rings. The minimum absolute atomic E-state index is 0.0324. The second-order valence-electron chi connectivity index (χ2n) is 4.54. The summed E-state index contributed by atoms with van der Waals surface area (Å²) in [6, 6.07) is 3.07. The summed E-state index contributed by atoms with van der Waals surface area (Å²) >= 11 is 0. The van der Waals surface area contributed by atoms with Crippen LogP contribution in [-0.2, 0) is 10.9 Å². The van der Waals surface area contributed by atoms with E-state index in [1.54, 1.807) is 13.8 Å². The first kappa shape index (κ1) is 17.3. The quantitative estimate of drug-likeness (QED) is 0.849. The first-order chi connectivity index (χ1) is 9.79. The van der Waals surface area contributed by atoms with E-state index in [1.807, 2.05) is 0 Å². The van der Waals surface area contributed by atoms with E-state index >= 15 is 0 Å². The number of alkyl halides is 3. The highest BCUT2D eigenvalue weighted by Gasteiger charge is 2.31. The smallest absolute Gasteiger partial charge is 0.385 e. The Kier molecular flexibility index (Phi) is 6.02. The normalized spacial score (nSPS) is 12.9. The van der Waals surface area contributed by atoms with E-state index in [4.69, 9.17) is 4.74 Å². The fraction of sp³-hybridized carbons (Fsp3) is 0.500. The van der Waals surface area contributed by atoms with Crippen molar-refractivity contribution < 1.29 is 22.7 Å². The van der Waals surface area contributed by atoms with Crippen molar-refractivity contribution in [3.05, 3.63) is 29.3 Å². The Labute approximate surface area is 121 Å². The van der Waals surface area contributed by atoms with E-state index < -0.39 is 17.6 Å². The van der Waals surface area contributed by atoms with Gasteiger partial charge in [0.15, 0.2) is 0 Å². The van der Waals surface area contributed by atoms with Crippen LogP contribution in [0.2, 0.25) is 0 Å². The van der Waals surface area contributed by atoms with Gasteiger partial charge in [0.2, 0.25) is 0 Å². The number of benzene rings is 1. The van der Waals surface area contributed by atoms with Crippen LogP contribution in [0.1, 0.15) is 29.8 Å². The van der Waals surface area contributed by atoms with Crippen LogP contribution >= 0.6 is 0 Å². The van der Waals surface area contributed by atoms with Crippen LogP contribution in [0.25, 0.3) is 0 Å². The number of halogens is 3. The number of carbonyl (C=O) groups is 1. The molecule has 1 amide bonds. The molecular weight excluding hydrogens is 285 g/mol. The summed E-state index contributed by atoms with van der Waals surface area (Å²) in [7, 11) is 1.49. The molecule has 0 aliphatic rings. The first-order valence-electron chi connectivity index (χ1n) is 6.55. The molecule has 0 aliphatic heterocycles. The van der Waals surface area contributed by atoms with Crippen LogP contribution in [0.4, 0.5) is 18.9 Å². The molecule has 0 heterocycles. The SMILES string of the molecule is CCNc1ccc(C(F)(F)F)cc1C(=O)NCC(C)OC. The fourth-order valence-electron chi connectivity index (χ4n) is 1.67. The van der Waals surface area contributed by atoms with E-state index in [0.29, 0.717) is 12.2 Å². The van der Waals surface area contributed by atoms with Crippen LogP contribution in [0.3, 0.4) is 0 Å². The van der Waals surface area contributed by atoms with Crippen LogP contribution in [0, 0.1) is 0 Å². The lowest BCUT2D eigenvalue weighted by atomic mass is 10.1. The summed E-state index contributed by atoms with van der Waals surface area (Å²) in [6.07, 6.45) is -4.71. The lowest BCUT2D eigenvalue weighted by Crippen LogP contribution is -2.32. The Balaban J connectivity index is 3.02. The summed E-state index contributed by atoms with van der Waals surface area (Å²) in [5, 5.41) is 5.43. The number of ether oxygens (including phenoxy) is 1. The predicted octanol–water partition coefficient (Wildman–Crippen LogP) is 2.90. The van der Waals surface area contributed by atoms with Gasteiger partial charge in [0.05, 0.1) is 17.2 Å². The van der Waals surface area contributed by atoms with E-state index in [1.165, 1.54) is 13.2 Å². The molecule has 0 fully saturated rings. The maximum atomic E-state index is 12.7. The van der Waals surface area contributed by atoms with Gasteiger partial charge in [-0.25, -0.2) is 0 Å². The molecule has 4 nitrogen and oxygen atoms in total. The Morgan fingerprint density at radius 2 is 2.05 bits per heavy atom. The highest BCUT2D eigenvalue weighted by Crippen LogP contribution is 2.31. The van der Waals surface area contributed by atoms with E-state index in [9.17, 15) is 18.0 Å². The highest BCUT2D eigenvalue weighted by molar-refractivity contribution is 5.99. The Morgan fingerprint density at radius 1 is 1.38 bits per heavy atom. The standard InChI is InChI=1S/C14H19F3N2O2/c1-4-18-12-6-5-10(14(15,16)17)7-11(12)13(20)19-8-9(2)21-3/h5-7,9,18H,4,8H2,1-3H3,(H,19,20). The van der Waals surface area contributed by atoms with Crippen molar-refractivity contribution in [1.29, 1.82) is 0 Å². The summed E-state index contributed by atoms with van der Waals surface area (Å²) in [5.41, 5.74) is -0.517. The number of hydrogen-bond donors (Lipinski definition) is 2. The third-order valence-corrected chi connectivity index (χ3v) is 2.91. The van der Waals surface area contributed by atoms with Gasteiger partial charge in [0.1, 0.15) is 0 Å². The molecule has 1 rings (SSSR count). The van der Waals surface area contributed by atoms with E-state index in [0.717, 1.165) is 12.1 Å². The minimum Gasteiger partial charge on any atom is -0.385 e. The molecule has 118 valence electrons. The molecule has 0 saturated heterocycles. The number of nitrogens with one attached hydrogen (secondary N) is 2. The molecule has 0 aromatic heterocycles. The Morgan fingerprint density at radius 3 is 2.57 bits per heavy atom. The summed E-state index contributed by atoms with van der Waals surface area (Å²) in [5.74, 6) is -0.569. The van der Waals surface area contributed by atoms with Gasteiger partial charge in [-0.15, -0.1) is 0 Å². The summed E-state index contributed by atoms with van der Waals surface area (Å²) < 4.78 is 43.2. The Hall–Kier alpha value is -1.76.